The summed E-state index contributed by atoms with van der Waals surface area (Å²) in [6, 6.07) is 30.8. The van der Waals surface area contributed by atoms with Crippen molar-refractivity contribution in [2.24, 2.45) is 5.92 Å². The van der Waals surface area contributed by atoms with Crippen molar-refractivity contribution in [1.29, 1.82) is 0 Å². The van der Waals surface area contributed by atoms with Crippen LogP contribution in [-0.2, 0) is 32.2 Å². The lowest BCUT2D eigenvalue weighted by molar-refractivity contribution is -0.268. The number of aromatic nitrogens is 4. The van der Waals surface area contributed by atoms with Gasteiger partial charge in [-0.15, -0.1) is 5.10 Å². The van der Waals surface area contributed by atoms with Crippen LogP contribution in [-0.4, -0.2) is 60.6 Å². The molecule has 12 nitrogen and oxygen atoms in total. The van der Waals surface area contributed by atoms with Gasteiger partial charge in [-0.1, -0.05) is 91.8 Å². The van der Waals surface area contributed by atoms with E-state index in [-0.39, 0.29) is 42.3 Å². The van der Waals surface area contributed by atoms with Gasteiger partial charge in [-0.3, -0.25) is 9.59 Å². The van der Waals surface area contributed by atoms with Crippen molar-refractivity contribution in [2.75, 3.05) is 12.3 Å². The van der Waals surface area contributed by atoms with Crippen molar-refractivity contribution >= 4 is 23.6 Å². The van der Waals surface area contributed by atoms with Crippen LogP contribution < -0.4 is 10.6 Å². The first-order valence-corrected chi connectivity index (χ1v) is 19.2. The number of carbonyl (C=O) groups is 2. The summed E-state index contributed by atoms with van der Waals surface area (Å²) in [5, 5.41) is 38.1. The predicted molar refractivity (Wildman–Crippen MR) is 205 cm³/mol. The molecule has 13 heteroatoms. The van der Waals surface area contributed by atoms with Gasteiger partial charge in [0, 0.05) is 43.7 Å². The van der Waals surface area contributed by atoms with Crippen LogP contribution in [0, 0.1) is 5.92 Å². The fraction of sp³-hybridized carbons (Fsp3) is 0.341. The molecule has 2 heterocycles. The Morgan fingerprint density at radius 3 is 2.35 bits per heavy atom. The monoisotopic (exact) mass is 750 g/mol. The smallest absolute Gasteiger partial charge is 0.220 e. The number of hydrogen-bond acceptors (Lipinski definition) is 10. The molecule has 0 bridgehead atoms. The molecule has 6 rings (SSSR count). The van der Waals surface area contributed by atoms with Gasteiger partial charge in [-0.2, -0.15) is 4.68 Å². The fourth-order valence-corrected chi connectivity index (χ4v) is 7.38. The van der Waals surface area contributed by atoms with Gasteiger partial charge in [-0.25, -0.2) is 0 Å². The van der Waals surface area contributed by atoms with E-state index in [0.717, 1.165) is 58.3 Å². The van der Waals surface area contributed by atoms with E-state index in [4.69, 9.17) is 9.47 Å². The Morgan fingerprint density at radius 1 is 0.852 bits per heavy atom. The van der Waals surface area contributed by atoms with Crippen LogP contribution in [0.4, 0.5) is 0 Å². The average Bonchev–Trinajstić information content (AvgIpc) is 3.67. The molecule has 4 N–H and O–H groups in total. The fourth-order valence-electron chi connectivity index (χ4n) is 6.33. The zero-order chi connectivity index (χ0) is 37.9. The molecule has 0 saturated carbocycles. The van der Waals surface area contributed by atoms with E-state index in [1.165, 1.54) is 18.7 Å². The highest BCUT2D eigenvalue weighted by Gasteiger charge is 2.38. The molecule has 0 aliphatic carbocycles. The minimum absolute atomic E-state index is 0.0151. The van der Waals surface area contributed by atoms with Crippen molar-refractivity contribution < 1.29 is 29.3 Å². The first-order valence-electron chi connectivity index (χ1n) is 18.2. The summed E-state index contributed by atoms with van der Waals surface area (Å²) in [6.07, 6.45) is 1.85. The van der Waals surface area contributed by atoms with Crippen LogP contribution >= 0.6 is 11.8 Å². The Bertz CT molecular complexity index is 1970. The largest absolute Gasteiger partial charge is 0.508 e. The molecular weight excluding hydrogens is 705 g/mol. The van der Waals surface area contributed by atoms with Crippen LogP contribution in [0.25, 0.3) is 16.8 Å². The van der Waals surface area contributed by atoms with E-state index in [9.17, 15) is 19.8 Å². The van der Waals surface area contributed by atoms with Gasteiger partial charge < -0.3 is 30.3 Å². The van der Waals surface area contributed by atoms with E-state index in [1.807, 2.05) is 48.5 Å². The van der Waals surface area contributed by atoms with Gasteiger partial charge in [0.2, 0.25) is 17.0 Å². The lowest BCUT2D eigenvalue weighted by Gasteiger charge is -2.41. The first kappa shape index (κ1) is 38.6. The first-order chi connectivity index (χ1) is 26.3. The topological polar surface area (TPSA) is 161 Å². The molecule has 1 aromatic heterocycles. The lowest BCUT2D eigenvalue weighted by Crippen LogP contribution is -2.38. The van der Waals surface area contributed by atoms with Crippen LogP contribution in [0.5, 0.6) is 5.75 Å². The second kappa shape index (κ2) is 18.8. The molecule has 5 aromatic rings. The number of rotatable bonds is 16. The summed E-state index contributed by atoms with van der Waals surface area (Å²) < 4.78 is 15.0. The van der Waals surface area contributed by atoms with Crippen LogP contribution in [0.3, 0.4) is 0 Å². The maximum absolute atomic E-state index is 12.4. The molecule has 1 aliphatic heterocycles. The van der Waals surface area contributed by atoms with Crippen LogP contribution in [0.15, 0.2) is 102 Å². The Morgan fingerprint density at radius 2 is 1.61 bits per heavy atom. The minimum Gasteiger partial charge on any atom is -0.508 e. The molecule has 0 unspecified atom stereocenters. The third kappa shape index (κ3) is 10.3. The van der Waals surface area contributed by atoms with E-state index >= 15 is 0 Å². The number of benzene rings is 4. The Hall–Kier alpha value is -5.08. The van der Waals surface area contributed by atoms with Crippen molar-refractivity contribution in [2.45, 2.75) is 76.3 Å². The number of aromatic hydroxyl groups is 1. The Kier molecular flexibility index (Phi) is 13.4. The minimum atomic E-state index is -0.636. The van der Waals surface area contributed by atoms with Crippen molar-refractivity contribution in [1.82, 2.24) is 30.8 Å². The van der Waals surface area contributed by atoms with Gasteiger partial charge in [0.25, 0.3) is 0 Å². The number of ether oxygens (including phenoxy) is 2. The zero-order valence-electron chi connectivity index (χ0n) is 30.4. The second-order valence-corrected chi connectivity index (χ2v) is 14.4. The van der Waals surface area contributed by atoms with Gasteiger partial charge in [0.1, 0.15) is 5.75 Å². The van der Waals surface area contributed by atoms with Gasteiger partial charge >= 0.3 is 0 Å². The number of nitrogens with zero attached hydrogens (tertiary/aromatic N) is 4. The normalized spacial score (nSPS) is 18.3. The maximum Gasteiger partial charge on any atom is 0.220 e. The molecule has 1 fully saturated rings. The molecule has 4 aromatic carbocycles. The molecule has 54 heavy (non-hydrogen) atoms. The molecule has 0 radical (unpaired) electrons. The van der Waals surface area contributed by atoms with Crippen LogP contribution in [0.1, 0.15) is 74.2 Å². The van der Waals surface area contributed by atoms with Crippen LogP contribution in [0.2, 0.25) is 0 Å². The van der Waals surface area contributed by atoms with Gasteiger partial charge in [-0.05, 0) is 81.4 Å². The van der Waals surface area contributed by atoms with Crippen molar-refractivity contribution in [3.05, 3.63) is 119 Å². The van der Waals surface area contributed by atoms with E-state index in [2.05, 4.69) is 57.3 Å². The number of carbonyl (C=O) groups excluding carboxylic acids is 2. The number of aliphatic hydroxyl groups excluding tert-OH is 1. The number of hydrogen-bond donors (Lipinski definition) is 4. The lowest BCUT2D eigenvalue weighted by atomic mass is 9.91. The number of phenols is 1. The summed E-state index contributed by atoms with van der Waals surface area (Å²) in [6.45, 7) is 4.67. The number of phenolic OH excluding ortho intramolecular Hbond substituents is 1. The van der Waals surface area contributed by atoms with E-state index in [1.54, 1.807) is 28.9 Å². The molecule has 1 aliphatic rings. The summed E-state index contributed by atoms with van der Waals surface area (Å²) in [5.74, 6) is 0.682. The zero-order valence-corrected chi connectivity index (χ0v) is 31.2. The number of amides is 2. The van der Waals surface area contributed by atoms with E-state index in [0.29, 0.717) is 30.4 Å². The molecular formula is C41H46N6O6S. The summed E-state index contributed by atoms with van der Waals surface area (Å²) in [4.78, 5) is 23.4. The number of nitrogens with one attached hydrogen (secondary N) is 2. The summed E-state index contributed by atoms with van der Waals surface area (Å²) in [5.41, 5.74) is 6.52. The molecule has 2 amide bonds. The molecule has 0 spiro atoms. The third-order valence-corrected chi connectivity index (χ3v) is 10.4. The summed E-state index contributed by atoms with van der Waals surface area (Å²) in [7, 11) is 0. The molecule has 1 saturated heterocycles. The second-order valence-electron chi connectivity index (χ2n) is 13.4. The Balaban J connectivity index is 1.12. The number of aliphatic hydroxyl groups is 1. The van der Waals surface area contributed by atoms with Crippen molar-refractivity contribution in [3.63, 3.8) is 0 Å². The SMILES string of the molecule is CC(=O)NCCCCCC(=O)NCc1cccc(-c2ccc([C@H]3O[C@@H](CSc4nnnn4-c4ccc(O)cc4)[C@@H](C)[C@@H](c4ccc(CO)cc4)O3)cc2)c1. The highest BCUT2D eigenvalue weighted by Crippen LogP contribution is 2.43. The van der Waals surface area contributed by atoms with Gasteiger partial charge in [0.15, 0.2) is 6.29 Å². The number of thioether (sulfide) groups is 1. The highest BCUT2D eigenvalue weighted by atomic mass is 32.2. The molecule has 4 atom stereocenters. The average molecular weight is 751 g/mol. The third-order valence-electron chi connectivity index (χ3n) is 9.42. The Labute approximate surface area is 319 Å². The van der Waals surface area contributed by atoms with Gasteiger partial charge in [0.05, 0.1) is 24.5 Å². The number of unbranched alkanes of at least 4 members (excludes halogenated alkanes) is 2. The molecule has 282 valence electrons. The van der Waals surface area contributed by atoms with Crippen molar-refractivity contribution in [3.8, 4) is 22.6 Å². The quantitative estimate of drug-likeness (QED) is 0.0654. The predicted octanol–water partition coefficient (Wildman–Crippen LogP) is 6.42. The maximum atomic E-state index is 12.4. The van der Waals surface area contributed by atoms with E-state index < -0.39 is 6.29 Å². The standard InChI is InChI=1S/C41H46N6O6S/c1-27-37(26-54-41-44-45-46-47(41)35-18-20-36(50)21-19-35)52-40(53-39(27)32-12-10-29(25-48)11-13-32)33-16-14-31(15-17-33)34-8-6-7-30(23-34)24-43-38(51)9-4-3-5-22-42-28(2)49/h6-8,10-21,23,27,37,39-40,48,50H,3-5,9,22,24-26H2,1-2H3,(H,42,49)(H,43,51)/t27-,37+,39+,40+/m1/s1. The summed E-state index contributed by atoms with van der Waals surface area (Å²) >= 11 is 1.49. The number of tetrazole rings is 1. The highest BCUT2D eigenvalue weighted by molar-refractivity contribution is 7.99.